The SMILES string of the molecule is CC(=O)Cc1coc(CC2CCCCS2(=O)=O)n1. The van der Waals surface area contributed by atoms with Crippen molar-refractivity contribution in [1.82, 2.24) is 4.98 Å². The molecule has 1 aliphatic rings. The normalized spacial score (nSPS) is 22.8. The Morgan fingerprint density at radius 1 is 1.50 bits per heavy atom. The summed E-state index contributed by atoms with van der Waals surface area (Å²) in [4.78, 5) is 15.1. The van der Waals surface area contributed by atoms with Crippen LogP contribution in [0.4, 0.5) is 0 Å². The minimum atomic E-state index is -3.00. The molecular formula is C12H17NO4S. The highest BCUT2D eigenvalue weighted by Crippen LogP contribution is 2.22. The first-order valence-corrected chi connectivity index (χ1v) is 7.83. The topological polar surface area (TPSA) is 77.2 Å². The van der Waals surface area contributed by atoms with Crippen molar-refractivity contribution in [2.24, 2.45) is 0 Å². The minimum absolute atomic E-state index is 0.0140. The van der Waals surface area contributed by atoms with Crippen molar-refractivity contribution in [2.45, 2.75) is 44.3 Å². The molecule has 0 aliphatic carbocycles. The molecular weight excluding hydrogens is 254 g/mol. The van der Waals surface area contributed by atoms with E-state index in [0.717, 1.165) is 12.8 Å². The van der Waals surface area contributed by atoms with E-state index in [0.29, 0.717) is 24.4 Å². The van der Waals surface area contributed by atoms with Gasteiger partial charge in [0.1, 0.15) is 12.0 Å². The summed E-state index contributed by atoms with van der Waals surface area (Å²) < 4.78 is 28.9. The van der Waals surface area contributed by atoms with Gasteiger partial charge in [0.05, 0.1) is 23.1 Å². The van der Waals surface area contributed by atoms with Gasteiger partial charge in [-0.3, -0.25) is 4.79 Å². The number of oxazole rings is 1. The van der Waals surface area contributed by atoms with E-state index in [1.165, 1.54) is 13.2 Å². The number of carbonyl (C=O) groups excluding carboxylic acids is 1. The lowest BCUT2D eigenvalue weighted by atomic mass is 10.1. The molecule has 100 valence electrons. The number of carbonyl (C=O) groups is 1. The number of hydrogen-bond donors (Lipinski definition) is 0. The smallest absolute Gasteiger partial charge is 0.195 e. The molecule has 6 heteroatoms. The zero-order valence-electron chi connectivity index (χ0n) is 10.4. The number of sulfone groups is 1. The predicted molar refractivity (Wildman–Crippen MR) is 66.0 cm³/mol. The fraction of sp³-hybridized carbons (Fsp3) is 0.667. The zero-order chi connectivity index (χ0) is 13.2. The van der Waals surface area contributed by atoms with Crippen molar-refractivity contribution in [3.8, 4) is 0 Å². The Kier molecular flexibility index (Phi) is 3.85. The van der Waals surface area contributed by atoms with Gasteiger partial charge in [0.2, 0.25) is 0 Å². The van der Waals surface area contributed by atoms with Crippen molar-refractivity contribution in [1.29, 1.82) is 0 Å². The molecule has 1 atom stereocenters. The first-order valence-electron chi connectivity index (χ1n) is 6.11. The van der Waals surface area contributed by atoms with E-state index in [2.05, 4.69) is 4.98 Å². The second-order valence-corrected chi connectivity index (χ2v) is 7.20. The summed E-state index contributed by atoms with van der Waals surface area (Å²) in [5.74, 6) is 0.695. The number of Topliss-reactive ketones (excluding diaryl/α,β-unsaturated/α-hetero) is 1. The molecule has 1 fully saturated rings. The molecule has 1 aliphatic heterocycles. The lowest BCUT2D eigenvalue weighted by Crippen LogP contribution is -2.30. The van der Waals surface area contributed by atoms with Crippen LogP contribution in [-0.4, -0.2) is 30.2 Å². The third-order valence-corrected chi connectivity index (χ3v) is 5.42. The van der Waals surface area contributed by atoms with E-state index in [-0.39, 0.29) is 23.2 Å². The summed E-state index contributed by atoms with van der Waals surface area (Å²) in [6, 6.07) is 0. The van der Waals surface area contributed by atoms with Gasteiger partial charge < -0.3 is 4.42 Å². The summed E-state index contributed by atoms with van der Waals surface area (Å²) in [6.07, 6.45) is 4.35. The van der Waals surface area contributed by atoms with Gasteiger partial charge in [0.25, 0.3) is 0 Å². The zero-order valence-corrected chi connectivity index (χ0v) is 11.2. The minimum Gasteiger partial charge on any atom is -0.449 e. The van der Waals surface area contributed by atoms with Gasteiger partial charge in [-0.15, -0.1) is 0 Å². The van der Waals surface area contributed by atoms with Crippen molar-refractivity contribution >= 4 is 15.6 Å². The maximum absolute atomic E-state index is 11.8. The van der Waals surface area contributed by atoms with Crippen LogP contribution in [0.25, 0.3) is 0 Å². The van der Waals surface area contributed by atoms with Crippen LogP contribution >= 0.6 is 0 Å². The standard InChI is InChI=1S/C12H17NO4S/c1-9(14)6-10-8-17-12(13-10)7-11-4-2-3-5-18(11,15)16/h8,11H,2-7H2,1H3. The molecule has 1 saturated heterocycles. The average molecular weight is 271 g/mol. The van der Waals surface area contributed by atoms with E-state index in [1.54, 1.807) is 0 Å². The Bertz CT molecular complexity index is 532. The Balaban J connectivity index is 2.04. The summed E-state index contributed by atoms with van der Waals surface area (Å²) in [5, 5.41) is -0.380. The van der Waals surface area contributed by atoms with Crippen LogP contribution in [0.15, 0.2) is 10.7 Å². The van der Waals surface area contributed by atoms with Crippen molar-refractivity contribution in [3.63, 3.8) is 0 Å². The fourth-order valence-electron chi connectivity index (χ4n) is 2.22. The molecule has 0 bridgehead atoms. The Hall–Kier alpha value is -1.17. The first-order chi connectivity index (χ1) is 8.47. The molecule has 1 aromatic rings. The van der Waals surface area contributed by atoms with Gasteiger partial charge in [0.15, 0.2) is 15.7 Å². The van der Waals surface area contributed by atoms with E-state index in [9.17, 15) is 13.2 Å². The van der Waals surface area contributed by atoms with Crippen LogP contribution in [0.3, 0.4) is 0 Å². The van der Waals surface area contributed by atoms with Crippen molar-refractivity contribution in [2.75, 3.05) is 5.75 Å². The molecule has 1 aromatic heterocycles. The number of aromatic nitrogens is 1. The highest BCUT2D eigenvalue weighted by atomic mass is 32.2. The molecule has 18 heavy (non-hydrogen) atoms. The van der Waals surface area contributed by atoms with E-state index in [1.807, 2.05) is 0 Å². The summed E-state index contributed by atoms with van der Waals surface area (Å²) in [5.41, 5.74) is 0.575. The Morgan fingerprint density at radius 3 is 2.94 bits per heavy atom. The van der Waals surface area contributed by atoms with Gasteiger partial charge in [0, 0.05) is 6.42 Å². The molecule has 1 unspecified atom stereocenters. The predicted octanol–water partition coefficient (Wildman–Crippen LogP) is 1.32. The maximum Gasteiger partial charge on any atom is 0.195 e. The van der Waals surface area contributed by atoms with Crippen LogP contribution in [0, 0.1) is 0 Å². The van der Waals surface area contributed by atoms with Crippen LogP contribution < -0.4 is 0 Å². The first kappa shape index (κ1) is 13.3. The van der Waals surface area contributed by atoms with Gasteiger partial charge in [-0.2, -0.15) is 0 Å². The number of ketones is 1. The molecule has 2 rings (SSSR count). The highest BCUT2D eigenvalue weighted by Gasteiger charge is 2.30. The second-order valence-electron chi connectivity index (χ2n) is 4.80. The molecule has 5 nitrogen and oxygen atoms in total. The summed E-state index contributed by atoms with van der Waals surface area (Å²) in [6.45, 7) is 1.49. The fourth-order valence-corrected chi connectivity index (χ4v) is 4.09. The van der Waals surface area contributed by atoms with Gasteiger partial charge >= 0.3 is 0 Å². The van der Waals surface area contributed by atoms with Crippen LogP contribution in [0.5, 0.6) is 0 Å². The Morgan fingerprint density at radius 2 is 2.28 bits per heavy atom. The van der Waals surface area contributed by atoms with E-state index in [4.69, 9.17) is 4.42 Å². The van der Waals surface area contributed by atoms with Crippen molar-refractivity contribution < 1.29 is 17.6 Å². The van der Waals surface area contributed by atoms with Crippen molar-refractivity contribution in [3.05, 3.63) is 17.8 Å². The van der Waals surface area contributed by atoms with E-state index >= 15 is 0 Å². The summed E-state index contributed by atoms with van der Waals surface area (Å²) in [7, 11) is -3.00. The molecule has 0 N–H and O–H groups in total. The average Bonchev–Trinajstić information content (AvgIpc) is 2.68. The quantitative estimate of drug-likeness (QED) is 0.825. The lowest BCUT2D eigenvalue weighted by molar-refractivity contribution is -0.116. The van der Waals surface area contributed by atoms with E-state index < -0.39 is 9.84 Å². The third-order valence-electron chi connectivity index (χ3n) is 3.14. The number of rotatable bonds is 4. The maximum atomic E-state index is 11.8. The largest absolute Gasteiger partial charge is 0.449 e. The molecule has 2 heterocycles. The molecule has 0 saturated carbocycles. The van der Waals surface area contributed by atoms with Crippen LogP contribution in [-0.2, 0) is 27.5 Å². The monoisotopic (exact) mass is 271 g/mol. The highest BCUT2D eigenvalue weighted by molar-refractivity contribution is 7.92. The van der Waals surface area contributed by atoms with Crippen LogP contribution in [0.2, 0.25) is 0 Å². The second kappa shape index (κ2) is 5.22. The Labute approximate surface area is 107 Å². The third kappa shape index (κ3) is 3.19. The van der Waals surface area contributed by atoms with Gasteiger partial charge in [-0.05, 0) is 19.8 Å². The molecule has 0 amide bonds. The summed E-state index contributed by atoms with van der Waals surface area (Å²) >= 11 is 0. The number of nitrogens with zero attached hydrogens (tertiary/aromatic N) is 1. The van der Waals surface area contributed by atoms with Crippen LogP contribution in [0.1, 0.15) is 37.8 Å². The molecule has 0 radical (unpaired) electrons. The molecule has 0 aromatic carbocycles. The number of hydrogen-bond acceptors (Lipinski definition) is 5. The molecule has 0 spiro atoms. The van der Waals surface area contributed by atoms with Gasteiger partial charge in [-0.25, -0.2) is 13.4 Å². The van der Waals surface area contributed by atoms with Gasteiger partial charge in [-0.1, -0.05) is 6.42 Å². The lowest BCUT2D eigenvalue weighted by Gasteiger charge is -2.20.